The van der Waals surface area contributed by atoms with Crippen molar-refractivity contribution in [2.45, 2.75) is 13.3 Å². The Kier molecular flexibility index (Phi) is 4.03. The van der Waals surface area contributed by atoms with Crippen LogP contribution in [0.15, 0.2) is 18.2 Å². The standard InChI is InChI=1S/C11H12FN5OS/c1-2-8-16-17-11(19-8)14-10(18)6-4-3-5-7(12)9(6)15-13/h3-5,15H,2,13H2,1H3,(H,14,17,18). The molecule has 1 heterocycles. The Morgan fingerprint density at radius 2 is 2.26 bits per heavy atom. The number of hydrogen-bond acceptors (Lipinski definition) is 6. The molecule has 0 bridgehead atoms. The van der Waals surface area contributed by atoms with Gasteiger partial charge in [-0.15, -0.1) is 10.2 Å². The van der Waals surface area contributed by atoms with Gasteiger partial charge >= 0.3 is 0 Å². The highest BCUT2D eigenvalue weighted by Gasteiger charge is 2.16. The topological polar surface area (TPSA) is 92.9 Å². The van der Waals surface area contributed by atoms with E-state index in [0.717, 1.165) is 11.4 Å². The number of nitrogens with zero attached hydrogens (tertiary/aromatic N) is 2. The number of carbonyl (C=O) groups is 1. The molecule has 1 aromatic carbocycles. The van der Waals surface area contributed by atoms with E-state index in [-0.39, 0.29) is 11.3 Å². The Morgan fingerprint density at radius 1 is 1.47 bits per heavy atom. The summed E-state index contributed by atoms with van der Waals surface area (Å²) in [4.78, 5) is 12.0. The summed E-state index contributed by atoms with van der Waals surface area (Å²) in [6.45, 7) is 1.94. The fraction of sp³-hybridized carbons (Fsp3) is 0.182. The van der Waals surface area contributed by atoms with Gasteiger partial charge < -0.3 is 5.43 Å². The van der Waals surface area contributed by atoms with Gasteiger partial charge in [0.1, 0.15) is 10.8 Å². The first-order valence-electron chi connectivity index (χ1n) is 5.54. The zero-order chi connectivity index (χ0) is 13.8. The van der Waals surface area contributed by atoms with E-state index < -0.39 is 11.7 Å². The Bertz CT molecular complexity index is 601. The SMILES string of the molecule is CCc1nnc(NC(=O)c2cccc(F)c2NN)s1. The zero-order valence-electron chi connectivity index (χ0n) is 10.1. The number of rotatable bonds is 4. The number of aryl methyl sites for hydroxylation is 1. The number of hydrogen-bond donors (Lipinski definition) is 3. The summed E-state index contributed by atoms with van der Waals surface area (Å²) in [6.07, 6.45) is 0.739. The minimum absolute atomic E-state index is 0.0553. The number of nitrogens with two attached hydrogens (primary N) is 1. The second-order valence-electron chi connectivity index (χ2n) is 3.62. The third-order valence-electron chi connectivity index (χ3n) is 2.39. The van der Waals surface area contributed by atoms with Gasteiger partial charge in [-0.25, -0.2) is 4.39 Å². The molecule has 0 fully saturated rings. The Labute approximate surface area is 112 Å². The van der Waals surface area contributed by atoms with Crippen molar-refractivity contribution >= 4 is 28.1 Å². The number of halogens is 1. The molecule has 19 heavy (non-hydrogen) atoms. The lowest BCUT2D eigenvalue weighted by Gasteiger charge is -2.08. The van der Waals surface area contributed by atoms with Crippen LogP contribution in [-0.4, -0.2) is 16.1 Å². The Balaban J connectivity index is 2.22. The van der Waals surface area contributed by atoms with Crippen LogP contribution in [0.25, 0.3) is 0 Å². The fourth-order valence-corrected chi connectivity index (χ4v) is 2.15. The van der Waals surface area contributed by atoms with Crippen LogP contribution in [0, 0.1) is 5.82 Å². The Morgan fingerprint density at radius 3 is 2.89 bits per heavy atom. The summed E-state index contributed by atoms with van der Waals surface area (Å²) >= 11 is 1.27. The molecule has 2 rings (SSSR count). The lowest BCUT2D eigenvalue weighted by Crippen LogP contribution is -2.18. The van der Waals surface area contributed by atoms with E-state index in [9.17, 15) is 9.18 Å². The molecule has 6 nitrogen and oxygen atoms in total. The maximum atomic E-state index is 13.5. The first kappa shape index (κ1) is 13.4. The second kappa shape index (κ2) is 5.72. The highest BCUT2D eigenvalue weighted by atomic mass is 32.1. The monoisotopic (exact) mass is 281 g/mol. The van der Waals surface area contributed by atoms with Gasteiger partial charge in [0, 0.05) is 0 Å². The molecule has 0 spiro atoms. The molecular weight excluding hydrogens is 269 g/mol. The van der Waals surface area contributed by atoms with Crippen LogP contribution in [0.4, 0.5) is 15.2 Å². The van der Waals surface area contributed by atoms with Crippen molar-refractivity contribution in [3.8, 4) is 0 Å². The van der Waals surface area contributed by atoms with Gasteiger partial charge in [-0.05, 0) is 18.6 Å². The number of aromatic nitrogens is 2. The first-order valence-corrected chi connectivity index (χ1v) is 6.36. The number of hydrazine groups is 1. The number of para-hydroxylation sites is 1. The van der Waals surface area contributed by atoms with Crippen molar-refractivity contribution in [1.29, 1.82) is 0 Å². The Hall–Kier alpha value is -2.06. The maximum absolute atomic E-state index is 13.5. The molecule has 0 saturated carbocycles. The molecule has 1 aromatic heterocycles. The maximum Gasteiger partial charge on any atom is 0.259 e. The molecule has 2 aromatic rings. The van der Waals surface area contributed by atoms with Gasteiger partial charge in [-0.1, -0.05) is 24.3 Å². The van der Waals surface area contributed by atoms with Crippen LogP contribution in [-0.2, 0) is 6.42 Å². The van der Waals surface area contributed by atoms with Crippen LogP contribution in [0.5, 0.6) is 0 Å². The van der Waals surface area contributed by atoms with E-state index in [1.165, 1.54) is 29.5 Å². The van der Waals surface area contributed by atoms with Crippen molar-refractivity contribution in [2.75, 3.05) is 10.7 Å². The molecule has 0 unspecified atom stereocenters. The van der Waals surface area contributed by atoms with E-state index >= 15 is 0 Å². The molecule has 1 amide bonds. The quantitative estimate of drug-likeness (QED) is 0.586. The van der Waals surface area contributed by atoms with Gasteiger partial charge in [0.2, 0.25) is 5.13 Å². The molecule has 0 atom stereocenters. The van der Waals surface area contributed by atoms with Crippen LogP contribution in [0.2, 0.25) is 0 Å². The molecule has 0 aliphatic carbocycles. The lowest BCUT2D eigenvalue weighted by molar-refractivity contribution is 0.102. The summed E-state index contributed by atoms with van der Waals surface area (Å²) in [6, 6.07) is 4.12. The summed E-state index contributed by atoms with van der Waals surface area (Å²) in [5, 5.41) is 11.4. The molecule has 4 N–H and O–H groups in total. The van der Waals surface area contributed by atoms with Crippen molar-refractivity contribution in [2.24, 2.45) is 5.84 Å². The number of benzene rings is 1. The van der Waals surface area contributed by atoms with Crippen molar-refractivity contribution in [3.05, 3.63) is 34.6 Å². The molecular formula is C11H12FN5OS. The van der Waals surface area contributed by atoms with E-state index in [1.54, 1.807) is 0 Å². The van der Waals surface area contributed by atoms with E-state index in [4.69, 9.17) is 5.84 Å². The predicted molar refractivity (Wildman–Crippen MR) is 71.5 cm³/mol. The van der Waals surface area contributed by atoms with E-state index in [1.807, 2.05) is 6.92 Å². The van der Waals surface area contributed by atoms with Crippen LogP contribution in [0.1, 0.15) is 22.3 Å². The van der Waals surface area contributed by atoms with E-state index in [0.29, 0.717) is 5.13 Å². The fourth-order valence-electron chi connectivity index (χ4n) is 1.47. The summed E-state index contributed by atoms with van der Waals surface area (Å²) < 4.78 is 13.5. The van der Waals surface area contributed by atoms with Crippen molar-refractivity contribution in [1.82, 2.24) is 10.2 Å². The molecule has 0 radical (unpaired) electrons. The number of anilines is 2. The van der Waals surface area contributed by atoms with Crippen LogP contribution < -0.4 is 16.6 Å². The lowest BCUT2D eigenvalue weighted by atomic mass is 10.1. The number of nitrogen functional groups attached to an aromatic ring is 1. The van der Waals surface area contributed by atoms with Gasteiger partial charge in [0.05, 0.1) is 11.3 Å². The van der Waals surface area contributed by atoms with Gasteiger partial charge in [-0.2, -0.15) is 0 Å². The smallest absolute Gasteiger partial charge is 0.259 e. The van der Waals surface area contributed by atoms with Crippen LogP contribution >= 0.6 is 11.3 Å². The zero-order valence-corrected chi connectivity index (χ0v) is 10.9. The van der Waals surface area contributed by atoms with E-state index in [2.05, 4.69) is 20.9 Å². The van der Waals surface area contributed by atoms with Gasteiger partial charge in [-0.3, -0.25) is 16.0 Å². The molecule has 0 aliphatic heterocycles. The molecule has 0 saturated heterocycles. The van der Waals surface area contributed by atoms with Crippen LogP contribution in [0.3, 0.4) is 0 Å². The third kappa shape index (κ3) is 2.85. The largest absolute Gasteiger partial charge is 0.321 e. The molecule has 8 heteroatoms. The van der Waals surface area contributed by atoms with Crippen molar-refractivity contribution < 1.29 is 9.18 Å². The average Bonchev–Trinajstić information content (AvgIpc) is 2.86. The molecule has 100 valence electrons. The minimum Gasteiger partial charge on any atom is -0.321 e. The summed E-state index contributed by atoms with van der Waals surface area (Å²) in [5.74, 6) is 4.12. The first-order chi connectivity index (χ1) is 9.15. The highest BCUT2D eigenvalue weighted by molar-refractivity contribution is 7.15. The van der Waals surface area contributed by atoms with Gasteiger partial charge in [0.15, 0.2) is 0 Å². The predicted octanol–water partition coefficient (Wildman–Crippen LogP) is 1.78. The third-order valence-corrected chi connectivity index (χ3v) is 3.38. The normalized spacial score (nSPS) is 10.3. The second-order valence-corrected chi connectivity index (χ2v) is 4.68. The molecule has 0 aliphatic rings. The number of nitrogens with one attached hydrogen (secondary N) is 2. The summed E-state index contributed by atoms with van der Waals surface area (Å²) in [5.41, 5.74) is 2.23. The van der Waals surface area contributed by atoms with Gasteiger partial charge in [0.25, 0.3) is 5.91 Å². The van der Waals surface area contributed by atoms with Crippen molar-refractivity contribution in [3.63, 3.8) is 0 Å². The average molecular weight is 281 g/mol. The number of carbonyl (C=O) groups excluding carboxylic acids is 1. The highest BCUT2D eigenvalue weighted by Crippen LogP contribution is 2.21. The number of amides is 1. The summed E-state index contributed by atoms with van der Waals surface area (Å²) in [7, 11) is 0. The minimum atomic E-state index is -0.596.